The summed E-state index contributed by atoms with van der Waals surface area (Å²) in [4.78, 5) is 24.4. The van der Waals surface area contributed by atoms with E-state index in [1.54, 1.807) is 0 Å². The molecule has 0 aliphatic rings. The molecular weight excluding hydrogens is 368 g/mol. The van der Waals surface area contributed by atoms with Crippen molar-refractivity contribution in [2.45, 2.75) is 53.7 Å². The van der Waals surface area contributed by atoms with E-state index < -0.39 is 35.3 Å². The van der Waals surface area contributed by atoms with Gasteiger partial charge in [-0.15, -0.1) is 0 Å². The van der Waals surface area contributed by atoms with Crippen LogP contribution in [0.5, 0.6) is 0 Å². The maximum absolute atomic E-state index is 13.6. The van der Waals surface area contributed by atoms with Gasteiger partial charge in [-0.2, -0.15) is 5.10 Å². The fourth-order valence-electron chi connectivity index (χ4n) is 2.79. The summed E-state index contributed by atoms with van der Waals surface area (Å²) in [5.74, 6) is -2.85. The van der Waals surface area contributed by atoms with Gasteiger partial charge in [0.1, 0.15) is 17.3 Å². The van der Waals surface area contributed by atoms with Gasteiger partial charge in [0.15, 0.2) is 6.10 Å². The number of anilines is 1. The highest BCUT2D eigenvalue weighted by atomic mass is 19.1. The van der Waals surface area contributed by atoms with Crippen LogP contribution in [0, 0.1) is 31.4 Å². The molecule has 0 fully saturated rings. The van der Waals surface area contributed by atoms with Crippen molar-refractivity contribution in [1.82, 2.24) is 9.78 Å². The Morgan fingerprint density at radius 2 is 1.79 bits per heavy atom. The molecule has 1 unspecified atom stereocenters. The van der Waals surface area contributed by atoms with Crippen molar-refractivity contribution >= 4 is 17.6 Å². The summed E-state index contributed by atoms with van der Waals surface area (Å²) in [6, 6.07) is 3.24. The van der Waals surface area contributed by atoms with E-state index in [0.717, 1.165) is 35.6 Å². The van der Waals surface area contributed by atoms with Crippen LogP contribution in [0.15, 0.2) is 18.2 Å². The summed E-state index contributed by atoms with van der Waals surface area (Å²) in [6.45, 7) is 9.90. The molecule has 152 valence electrons. The van der Waals surface area contributed by atoms with Gasteiger partial charge in [-0.25, -0.2) is 8.78 Å². The summed E-state index contributed by atoms with van der Waals surface area (Å²) in [7, 11) is 0. The van der Waals surface area contributed by atoms with Crippen LogP contribution in [-0.4, -0.2) is 27.8 Å². The maximum Gasteiger partial charge on any atom is 0.311 e. The number of carbonyl (C=O) groups excluding carboxylic acids is 2. The molecule has 2 rings (SSSR count). The van der Waals surface area contributed by atoms with E-state index in [-0.39, 0.29) is 6.42 Å². The number of nitrogens with one attached hydrogen (secondary N) is 1. The Morgan fingerprint density at radius 1 is 1.18 bits per heavy atom. The van der Waals surface area contributed by atoms with Gasteiger partial charge < -0.3 is 10.1 Å². The van der Waals surface area contributed by atoms with E-state index in [0.29, 0.717) is 5.92 Å². The quantitative estimate of drug-likeness (QED) is 0.730. The number of carbonyl (C=O) groups is 2. The Kier molecular flexibility index (Phi) is 6.88. The van der Waals surface area contributed by atoms with Crippen molar-refractivity contribution in [2.75, 3.05) is 5.32 Å². The fourth-order valence-corrected chi connectivity index (χ4v) is 2.79. The predicted octanol–water partition coefficient (Wildman–Crippen LogP) is 3.55. The lowest BCUT2D eigenvalue weighted by atomic mass is 10.1. The minimum atomic E-state index is -1.21. The Hall–Kier alpha value is -2.77. The molecule has 1 aromatic heterocycles. The summed E-state index contributed by atoms with van der Waals surface area (Å²) >= 11 is 0. The van der Waals surface area contributed by atoms with Gasteiger partial charge in [-0.3, -0.25) is 14.3 Å². The van der Waals surface area contributed by atoms with Crippen molar-refractivity contribution in [2.24, 2.45) is 5.92 Å². The first-order valence-electron chi connectivity index (χ1n) is 9.07. The molecule has 1 amide bonds. The number of benzene rings is 1. The highest BCUT2D eigenvalue weighted by Crippen LogP contribution is 2.19. The maximum atomic E-state index is 13.6. The van der Waals surface area contributed by atoms with E-state index in [2.05, 4.69) is 24.3 Å². The molecule has 0 aliphatic heterocycles. The second-order valence-electron chi connectivity index (χ2n) is 7.12. The number of aromatic nitrogens is 2. The van der Waals surface area contributed by atoms with E-state index in [1.807, 2.05) is 18.5 Å². The van der Waals surface area contributed by atoms with Crippen molar-refractivity contribution < 1.29 is 23.1 Å². The Morgan fingerprint density at radius 3 is 2.36 bits per heavy atom. The summed E-state index contributed by atoms with van der Waals surface area (Å²) in [5, 5.41) is 6.55. The number of ether oxygens (including phenoxy) is 1. The Labute approximate surface area is 162 Å². The van der Waals surface area contributed by atoms with Crippen molar-refractivity contribution in [3.63, 3.8) is 0 Å². The minimum absolute atomic E-state index is 0.0402. The molecular formula is C20H25F2N3O3. The average Bonchev–Trinajstić information content (AvgIpc) is 2.84. The molecule has 0 aliphatic carbocycles. The van der Waals surface area contributed by atoms with E-state index in [9.17, 15) is 18.4 Å². The number of hydrogen-bond acceptors (Lipinski definition) is 4. The second-order valence-corrected chi connectivity index (χ2v) is 7.12. The third-order valence-corrected chi connectivity index (χ3v) is 4.28. The molecule has 0 saturated heterocycles. The van der Waals surface area contributed by atoms with Gasteiger partial charge >= 0.3 is 5.97 Å². The highest BCUT2D eigenvalue weighted by Gasteiger charge is 2.23. The standard InChI is InChI=1S/C20H25F2N3O3/c1-11(2)10-25-13(4)15(12(3)24-25)9-18(26)28-14(5)20(27)23-19-16(21)7-6-8-17(19)22/h6-8,11,14H,9-10H2,1-5H3,(H,23,27). The van der Waals surface area contributed by atoms with Crippen LogP contribution in [0.25, 0.3) is 0 Å². The molecule has 0 spiro atoms. The summed E-state index contributed by atoms with van der Waals surface area (Å²) < 4.78 is 34.3. The molecule has 1 N–H and O–H groups in total. The molecule has 1 atom stereocenters. The van der Waals surface area contributed by atoms with Gasteiger partial charge in [0, 0.05) is 17.8 Å². The Bertz CT molecular complexity index is 858. The molecule has 1 aromatic carbocycles. The average molecular weight is 393 g/mol. The highest BCUT2D eigenvalue weighted by molar-refractivity contribution is 5.95. The number of hydrogen-bond donors (Lipinski definition) is 1. The molecule has 0 bridgehead atoms. The van der Waals surface area contributed by atoms with Gasteiger partial charge in [0.25, 0.3) is 5.91 Å². The zero-order chi connectivity index (χ0) is 21.0. The predicted molar refractivity (Wildman–Crippen MR) is 101 cm³/mol. The smallest absolute Gasteiger partial charge is 0.311 e. The number of nitrogens with zero attached hydrogens (tertiary/aromatic N) is 2. The lowest BCUT2D eigenvalue weighted by molar-refractivity contribution is -0.152. The molecule has 0 saturated carbocycles. The summed E-state index contributed by atoms with van der Waals surface area (Å²) in [5.41, 5.74) is 1.77. The number of rotatable bonds is 7. The lowest BCUT2D eigenvalue weighted by Crippen LogP contribution is -2.31. The van der Waals surface area contributed by atoms with Gasteiger partial charge in [0.2, 0.25) is 0 Å². The topological polar surface area (TPSA) is 73.2 Å². The van der Waals surface area contributed by atoms with Gasteiger partial charge in [0.05, 0.1) is 12.1 Å². The second kappa shape index (κ2) is 8.95. The summed E-state index contributed by atoms with van der Waals surface area (Å²) in [6.07, 6.45) is -1.25. The van der Waals surface area contributed by atoms with Crippen LogP contribution >= 0.6 is 0 Å². The third-order valence-electron chi connectivity index (χ3n) is 4.28. The molecule has 1 heterocycles. The fraction of sp³-hybridized carbons (Fsp3) is 0.450. The van der Waals surface area contributed by atoms with E-state index in [4.69, 9.17) is 4.74 Å². The minimum Gasteiger partial charge on any atom is -0.452 e. The largest absolute Gasteiger partial charge is 0.452 e. The first kappa shape index (κ1) is 21.5. The van der Waals surface area contributed by atoms with Crippen LogP contribution in [0.3, 0.4) is 0 Å². The first-order valence-corrected chi connectivity index (χ1v) is 9.07. The van der Waals surface area contributed by atoms with Gasteiger partial charge in [-0.1, -0.05) is 19.9 Å². The number of aryl methyl sites for hydroxylation is 1. The van der Waals surface area contributed by atoms with Crippen molar-refractivity contribution in [1.29, 1.82) is 0 Å². The first-order chi connectivity index (χ1) is 13.1. The molecule has 6 nitrogen and oxygen atoms in total. The zero-order valence-electron chi connectivity index (χ0n) is 16.7. The lowest BCUT2D eigenvalue weighted by Gasteiger charge is -2.14. The van der Waals surface area contributed by atoms with Crippen LogP contribution in [0.4, 0.5) is 14.5 Å². The number of para-hydroxylation sites is 1. The van der Waals surface area contributed by atoms with Crippen molar-refractivity contribution in [3.05, 3.63) is 46.8 Å². The SMILES string of the molecule is Cc1nn(CC(C)C)c(C)c1CC(=O)OC(C)C(=O)Nc1c(F)cccc1F. The molecule has 28 heavy (non-hydrogen) atoms. The normalized spacial score (nSPS) is 12.1. The molecule has 2 aromatic rings. The van der Waals surface area contributed by atoms with Crippen LogP contribution in [0.1, 0.15) is 37.7 Å². The van der Waals surface area contributed by atoms with Crippen LogP contribution < -0.4 is 5.32 Å². The number of halogens is 2. The van der Waals surface area contributed by atoms with Crippen LogP contribution in [-0.2, 0) is 27.3 Å². The number of amides is 1. The number of esters is 1. The molecule has 0 radical (unpaired) electrons. The third kappa shape index (κ3) is 5.15. The zero-order valence-corrected chi connectivity index (χ0v) is 16.7. The monoisotopic (exact) mass is 393 g/mol. The van der Waals surface area contributed by atoms with E-state index in [1.165, 1.54) is 13.0 Å². The Balaban J connectivity index is 2.01. The van der Waals surface area contributed by atoms with Gasteiger partial charge in [-0.05, 0) is 38.8 Å². The van der Waals surface area contributed by atoms with Crippen LogP contribution in [0.2, 0.25) is 0 Å². The molecule has 8 heteroatoms. The van der Waals surface area contributed by atoms with Crippen molar-refractivity contribution in [3.8, 4) is 0 Å². The van der Waals surface area contributed by atoms with E-state index >= 15 is 0 Å².